The molecule has 2 heterocycles. The largest absolute Gasteiger partial charge is 0.361 e. The van der Waals surface area contributed by atoms with E-state index in [1.165, 1.54) is 23.1 Å². The van der Waals surface area contributed by atoms with E-state index in [0.717, 1.165) is 36.3 Å². The Kier molecular flexibility index (Phi) is 6.62. The van der Waals surface area contributed by atoms with Crippen LogP contribution in [0.5, 0.6) is 0 Å². The van der Waals surface area contributed by atoms with Crippen LogP contribution < -0.4 is 10.2 Å². The number of benzene rings is 2. The molecule has 162 valence electrons. The SMILES string of the molecule is O=C(C[NH+]1CCN(C(=O)CCCc2c[nH]c3ccccc23)CC1)Nc1ccc(F)cc1. The highest BCUT2D eigenvalue weighted by Gasteiger charge is 2.25. The Hall–Kier alpha value is -3.19. The van der Waals surface area contributed by atoms with Gasteiger partial charge in [-0.15, -0.1) is 0 Å². The third-order valence-corrected chi connectivity index (χ3v) is 5.87. The molecule has 0 aliphatic carbocycles. The predicted molar refractivity (Wildman–Crippen MR) is 118 cm³/mol. The fourth-order valence-electron chi connectivity index (χ4n) is 4.14. The van der Waals surface area contributed by atoms with E-state index < -0.39 is 0 Å². The quantitative estimate of drug-likeness (QED) is 0.544. The first-order valence-electron chi connectivity index (χ1n) is 10.8. The second-order valence-corrected chi connectivity index (χ2v) is 8.08. The minimum absolute atomic E-state index is 0.0971. The Morgan fingerprint density at radius 1 is 1.06 bits per heavy atom. The molecule has 1 aliphatic rings. The summed E-state index contributed by atoms with van der Waals surface area (Å²) in [4.78, 5) is 31.2. The van der Waals surface area contributed by atoms with Gasteiger partial charge in [0.25, 0.3) is 5.91 Å². The second kappa shape index (κ2) is 9.75. The molecule has 2 amide bonds. The zero-order chi connectivity index (χ0) is 21.6. The maximum atomic E-state index is 13.0. The first kappa shape index (κ1) is 21.1. The number of aromatic nitrogens is 1. The monoisotopic (exact) mass is 423 g/mol. The van der Waals surface area contributed by atoms with Crippen LogP contribution in [0.4, 0.5) is 10.1 Å². The fraction of sp³-hybridized carbons (Fsp3) is 0.333. The van der Waals surface area contributed by atoms with Crippen LogP contribution in [0.15, 0.2) is 54.7 Å². The van der Waals surface area contributed by atoms with E-state index in [-0.39, 0.29) is 17.6 Å². The van der Waals surface area contributed by atoms with Gasteiger partial charge in [0.15, 0.2) is 6.54 Å². The standard InChI is InChI=1S/C24H27FN4O2/c25-19-8-10-20(11-9-19)27-23(30)17-28-12-14-29(15-13-28)24(31)7-3-4-18-16-26-22-6-2-1-5-21(18)22/h1-2,5-6,8-11,16,26H,3-4,7,12-15,17H2,(H,27,30)/p+1. The van der Waals surface area contributed by atoms with Crippen LogP contribution in [-0.2, 0) is 16.0 Å². The molecule has 0 atom stereocenters. The predicted octanol–water partition coefficient (Wildman–Crippen LogP) is 2.00. The molecule has 0 radical (unpaired) electrons. The van der Waals surface area contributed by atoms with Gasteiger partial charge >= 0.3 is 0 Å². The van der Waals surface area contributed by atoms with Crippen LogP contribution in [0, 0.1) is 5.82 Å². The Balaban J connectivity index is 1.17. The molecule has 6 nitrogen and oxygen atoms in total. The lowest BCUT2D eigenvalue weighted by atomic mass is 10.1. The number of nitrogens with zero attached hydrogens (tertiary/aromatic N) is 1. The Morgan fingerprint density at radius 3 is 2.58 bits per heavy atom. The normalized spacial score (nSPS) is 14.7. The van der Waals surface area contributed by atoms with Crippen molar-refractivity contribution >= 4 is 28.4 Å². The van der Waals surface area contributed by atoms with Gasteiger partial charge in [-0.25, -0.2) is 4.39 Å². The Bertz CT molecular complexity index is 1040. The lowest BCUT2D eigenvalue weighted by molar-refractivity contribution is -0.895. The Labute approximate surface area is 181 Å². The smallest absolute Gasteiger partial charge is 0.279 e. The summed E-state index contributed by atoms with van der Waals surface area (Å²) in [7, 11) is 0. The highest BCUT2D eigenvalue weighted by atomic mass is 19.1. The number of halogens is 1. The zero-order valence-electron chi connectivity index (χ0n) is 17.5. The first-order valence-corrected chi connectivity index (χ1v) is 10.8. The topological polar surface area (TPSA) is 69.6 Å². The lowest BCUT2D eigenvalue weighted by Gasteiger charge is -2.32. The summed E-state index contributed by atoms with van der Waals surface area (Å²) in [6.45, 7) is 3.20. The van der Waals surface area contributed by atoms with Crippen molar-refractivity contribution in [3.8, 4) is 0 Å². The fourth-order valence-corrected chi connectivity index (χ4v) is 4.14. The number of aryl methyl sites for hydroxylation is 1. The number of anilines is 1. The van der Waals surface area contributed by atoms with Gasteiger partial charge in [0, 0.05) is 29.2 Å². The van der Waals surface area contributed by atoms with E-state index >= 15 is 0 Å². The average Bonchev–Trinajstić information content (AvgIpc) is 3.19. The molecule has 1 aromatic heterocycles. The average molecular weight is 424 g/mol. The van der Waals surface area contributed by atoms with E-state index in [4.69, 9.17) is 0 Å². The molecule has 0 saturated carbocycles. The first-order chi connectivity index (χ1) is 15.1. The molecule has 0 unspecified atom stereocenters. The van der Waals surface area contributed by atoms with Gasteiger partial charge < -0.3 is 20.1 Å². The number of carbonyl (C=O) groups is 2. The van der Waals surface area contributed by atoms with Crippen LogP contribution in [0.25, 0.3) is 10.9 Å². The highest BCUT2D eigenvalue weighted by Crippen LogP contribution is 2.19. The molecule has 4 rings (SSSR count). The van der Waals surface area contributed by atoms with Crippen LogP contribution in [0.1, 0.15) is 18.4 Å². The van der Waals surface area contributed by atoms with Crippen molar-refractivity contribution in [3.05, 3.63) is 66.1 Å². The van der Waals surface area contributed by atoms with Crippen molar-refractivity contribution in [1.82, 2.24) is 9.88 Å². The minimum Gasteiger partial charge on any atom is -0.361 e. The molecule has 2 aromatic carbocycles. The molecule has 3 aromatic rings. The number of fused-ring (bicyclic) bond motifs is 1. The van der Waals surface area contributed by atoms with Gasteiger partial charge in [0.2, 0.25) is 5.91 Å². The van der Waals surface area contributed by atoms with E-state index in [1.807, 2.05) is 23.2 Å². The summed E-state index contributed by atoms with van der Waals surface area (Å²) < 4.78 is 13.0. The summed E-state index contributed by atoms with van der Waals surface area (Å²) in [5, 5.41) is 4.02. The molecule has 31 heavy (non-hydrogen) atoms. The molecule has 0 spiro atoms. The maximum Gasteiger partial charge on any atom is 0.279 e. The number of hydrogen-bond donors (Lipinski definition) is 3. The van der Waals surface area contributed by atoms with Crippen molar-refractivity contribution in [2.75, 3.05) is 38.0 Å². The van der Waals surface area contributed by atoms with Crippen molar-refractivity contribution < 1.29 is 18.9 Å². The number of rotatable bonds is 7. The number of aromatic amines is 1. The zero-order valence-corrected chi connectivity index (χ0v) is 17.5. The number of piperazine rings is 1. The summed E-state index contributed by atoms with van der Waals surface area (Å²) in [6, 6.07) is 14.0. The minimum atomic E-state index is -0.328. The van der Waals surface area contributed by atoms with Crippen LogP contribution in [-0.4, -0.2) is 54.4 Å². The number of hydrogen-bond acceptors (Lipinski definition) is 2. The van der Waals surface area contributed by atoms with Gasteiger partial charge in [-0.05, 0) is 48.7 Å². The lowest BCUT2D eigenvalue weighted by Crippen LogP contribution is -3.15. The summed E-state index contributed by atoms with van der Waals surface area (Å²) in [5.41, 5.74) is 2.98. The van der Waals surface area contributed by atoms with Crippen molar-refractivity contribution in [3.63, 3.8) is 0 Å². The summed E-state index contributed by atoms with van der Waals surface area (Å²) in [5.74, 6) is -0.236. The van der Waals surface area contributed by atoms with Crippen LogP contribution >= 0.6 is 0 Å². The summed E-state index contributed by atoms with van der Waals surface area (Å²) >= 11 is 0. The number of carbonyl (C=O) groups excluding carboxylic acids is 2. The third kappa shape index (κ3) is 5.49. The number of amides is 2. The molecule has 7 heteroatoms. The molecular formula is C24H28FN4O2+. The highest BCUT2D eigenvalue weighted by molar-refractivity contribution is 5.91. The van der Waals surface area contributed by atoms with Crippen molar-refractivity contribution in [2.24, 2.45) is 0 Å². The number of nitrogens with one attached hydrogen (secondary N) is 3. The van der Waals surface area contributed by atoms with Gasteiger partial charge in [-0.3, -0.25) is 9.59 Å². The molecule has 0 bridgehead atoms. The van der Waals surface area contributed by atoms with Gasteiger partial charge in [0.05, 0.1) is 26.2 Å². The van der Waals surface area contributed by atoms with Gasteiger partial charge in [-0.1, -0.05) is 18.2 Å². The summed E-state index contributed by atoms with van der Waals surface area (Å²) in [6.07, 6.45) is 4.28. The van der Waals surface area contributed by atoms with E-state index in [9.17, 15) is 14.0 Å². The maximum absolute atomic E-state index is 13.0. The van der Waals surface area contributed by atoms with Gasteiger partial charge in [-0.2, -0.15) is 0 Å². The molecule has 1 aliphatic heterocycles. The number of H-pyrrole nitrogens is 1. The van der Waals surface area contributed by atoms with E-state index in [0.29, 0.717) is 31.7 Å². The van der Waals surface area contributed by atoms with Crippen LogP contribution in [0.3, 0.4) is 0 Å². The molecular weight excluding hydrogens is 395 g/mol. The van der Waals surface area contributed by atoms with E-state index in [1.54, 1.807) is 12.1 Å². The van der Waals surface area contributed by atoms with Crippen molar-refractivity contribution in [1.29, 1.82) is 0 Å². The van der Waals surface area contributed by atoms with Gasteiger partial charge in [0.1, 0.15) is 5.82 Å². The van der Waals surface area contributed by atoms with Crippen molar-refractivity contribution in [2.45, 2.75) is 19.3 Å². The Morgan fingerprint density at radius 2 is 1.81 bits per heavy atom. The number of para-hydroxylation sites is 1. The molecule has 1 fully saturated rings. The van der Waals surface area contributed by atoms with Crippen LogP contribution in [0.2, 0.25) is 0 Å². The third-order valence-electron chi connectivity index (χ3n) is 5.87. The molecule has 3 N–H and O–H groups in total. The van der Waals surface area contributed by atoms with E-state index in [2.05, 4.69) is 22.4 Å². The number of quaternary nitrogens is 1. The molecule has 1 saturated heterocycles. The second-order valence-electron chi connectivity index (χ2n) is 8.08.